The topological polar surface area (TPSA) is 60.9 Å². The molecule has 0 radical (unpaired) electrons. The third-order valence-corrected chi connectivity index (χ3v) is 9.49. The molecule has 0 aromatic heterocycles. The van der Waals surface area contributed by atoms with E-state index >= 15 is 0 Å². The van der Waals surface area contributed by atoms with Crippen molar-refractivity contribution >= 4 is 15.9 Å². The smallest absolute Gasteiger partial charge is 0.243 e. The summed E-state index contributed by atoms with van der Waals surface area (Å²) in [5, 5.41) is 0. The minimum absolute atomic E-state index is 0.0828. The summed E-state index contributed by atoms with van der Waals surface area (Å²) < 4.78 is 28.0. The van der Waals surface area contributed by atoms with Crippen LogP contribution in [0.1, 0.15) is 35.6 Å². The van der Waals surface area contributed by atoms with Crippen LogP contribution in [0.15, 0.2) is 89.8 Å². The van der Waals surface area contributed by atoms with Crippen molar-refractivity contribution in [2.24, 2.45) is 5.92 Å². The van der Waals surface area contributed by atoms with Gasteiger partial charge in [0.15, 0.2) is 0 Å². The highest BCUT2D eigenvalue weighted by molar-refractivity contribution is 7.89. The molecule has 3 aromatic carbocycles. The summed E-state index contributed by atoms with van der Waals surface area (Å²) in [7, 11) is -3.60. The Kier molecular flexibility index (Phi) is 7.74. The monoisotopic (exact) mass is 517 g/mol. The first kappa shape index (κ1) is 25.6. The summed E-state index contributed by atoms with van der Waals surface area (Å²) >= 11 is 0. The second-order valence-corrected chi connectivity index (χ2v) is 12.0. The second-order valence-electron chi connectivity index (χ2n) is 10.1. The average molecular weight is 518 g/mol. The van der Waals surface area contributed by atoms with Gasteiger partial charge in [-0.05, 0) is 43.0 Å². The number of amides is 1. The lowest BCUT2D eigenvalue weighted by molar-refractivity contribution is -0.138. The highest BCUT2D eigenvalue weighted by atomic mass is 32.2. The van der Waals surface area contributed by atoms with E-state index in [2.05, 4.69) is 53.4 Å². The summed E-state index contributed by atoms with van der Waals surface area (Å²) in [6.07, 6.45) is 1.43. The molecule has 5 rings (SSSR count). The van der Waals surface area contributed by atoms with Gasteiger partial charge >= 0.3 is 0 Å². The van der Waals surface area contributed by atoms with Crippen LogP contribution in [0.3, 0.4) is 0 Å². The van der Waals surface area contributed by atoms with E-state index < -0.39 is 10.0 Å². The van der Waals surface area contributed by atoms with Crippen LogP contribution in [0, 0.1) is 12.8 Å². The lowest BCUT2D eigenvalue weighted by atomic mass is 9.95. The van der Waals surface area contributed by atoms with Crippen molar-refractivity contribution in [3.63, 3.8) is 0 Å². The van der Waals surface area contributed by atoms with Gasteiger partial charge in [-0.3, -0.25) is 9.69 Å². The number of carbonyl (C=O) groups is 1. The fraction of sp³-hybridized carbons (Fsp3) is 0.367. The highest BCUT2D eigenvalue weighted by Crippen LogP contribution is 2.30. The first-order chi connectivity index (χ1) is 17.9. The van der Waals surface area contributed by atoms with E-state index in [1.54, 1.807) is 12.1 Å². The van der Waals surface area contributed by atoms with E-state index in [4.69, 9.17) is 0 Å². The van der Waals surface area contributed by atoms with Crippen LogP contribution in [0.4, 0.5) is 0 Å². The number of aryl methyl sites for hydroxylation is 1. The van der Waals surface area contributed by atoms with Gasteiger partial charge in [0.25, 0.3) is 0 Å². The standard InChI is InChI=1S/C30H35N3O3S/c1-24-14-16-28(17-15-24)37(35,36)33-18-8-13-27(23-33)30(34)32-21-19-31(20-22-32)29(25-9-4-2-5-10-25)26-11-6-3-7-12-26/h2-7,9-12,14-17,27,29H,8,13,18-23H2,1H3. The fourth-order valence-corrected chi connectivity index (χ4v) is 7.09. The molecule has 2 fully saturated rings. The largest absolute Gasteiger partial charge is 0.340 e. The summed E-state index contributed by atoms with van der Waals surface area (Å²) in [5.41, 5.74) is 3.52. The van der Waals surface area contributed by atoms with E-state index in [0.717, 1.165) is 25.1 Å². The van der Waals surface area contributed by atoms with E-state index in [1.165, 1.54) is 15.4 Å². The van der Waals surface area contributed by atoms with Gasteiger partial charge in [-0.1, -0.05) is 78.4 Å². The molecule has 1 amide bonds. The van der Waals surface area contributed by atoms with Crippen molar-refractivity contribution in [1.29, 1.82) is 0 Å². The van der Waals surface area contributed by atoms with Gasteiger partial charge in [0.2, 0.25) is 15.9 Å². The molecule has 0 spiro atoms. The van der Waals surface area contributed by atoms with Gasteiger partial charge < -0.3 is 4.90 Å². The predicted octanol–water partition coefficient (Wildman–Crippen LogP) is 4.33. The van der Waals surface area contributed by atoms with Crippen LogP contribution in [-0.2, 0) is 14.8 Å². The maximum Gasteiger partial charge on any atom is 0.243 e. The van der Waals surface area contributed by atoms with Crippen molar-refractivity contribution in [2.45, 2.75) is 30.7 Å². The number of sulfonamides is 1. The molecule has 2 aliphatic heterocycles. The number of piperidine rings is 1. The number of nitrogens with zero attached hydrogens (tertiary/aromatic N) is 3. The molecule has 2 saturated heterocycles. The SMILES string of the molecule is Cc1ccc(S(=O)(=O)N2CCCC(C(=O)N3CCN(C(c4ccccc4)c4ccccc4)CC3)C2)cc1. The average Bonchev–Trinajstić information content (AvgIpc) is 2.95. The normalized spacial score (nSPS) is 19.7. The number of piperazine rings is 1. The Hall–Kier alpha value is -3.00. The van der Waals surface area contributed by atoms with Crippen molar-refractivity contribution in [2.75, 3.05) is 39.3 Å². The molecule has 0 aliphatic carbocycles. The Morgan fingerprint density at radius 2 is 1.35 bits per heavy atom. The molecule has 6 nitrogen and oxygen atoms in total. The van der Waals surface area contributed by atoms with Crippen LogP contribution in [-0.4, -0.2) is 67.7 Å². The van der Waals surface area contributed by atoms with E-state index in [0.29, 0.717) is 31.0 Å². The predicted molar refractivity (Wildman–Crippen MR) is 146 cm³/mol. The lowest BCUT2D eigenvalue weighted by Crippen LogP contribution is -2.53. The van der Waals surface area contributed by atoms with Crippen LogP contribution in [0.2, 0.25) is 0 Å². The highest BCUT2D eigenvalue weighted by Gasteiger charge is 2.36. The molecule has 7 heteroatoms. The summed E-state index contributed by atoms with van der Waals surface area (Å²) in [5.74, 6) is -0.209. The number of carbonyl (C=O) groups excluding carboxylic acids is 1. The van der Waals surface area contributed by atoms with E-state index in [9.17, 15) is 13.2 Å². The maximum atomic E-state index is 13.5. The van der Waals surface area contributed by atoms with Crippen LogP contribution in [0.5, 0.6) is 0 Å². The maximum absolute atomic E-state index is 13.5. The van der Waals surface area contributed by atoms with Crippen molar-refractivity contribution < 1.29 is 13.2 Å². The number of benzene rings is 3. The number of hydrogen-bond donors (Lipinski definition) is 0. The molecule has 0 saturated carbocycles. The third-order valence-electron chi connectivity index (χ3n) is 7.61. The molecular weight excluding hydrogens is 482 g/mol. The number of hydrogen-bond acceptors (Lipinski definition) is 4. The Labute approximate surface area is 220 Å². The van der Waals surface area contributed by atoms with Crippen LogP contribution in [0.25, 0.3) is 0 Å². The van der Waals surface area contributed by atoms with Gasteiger partial charge in [-0.2, -0.15) is 4.31 Å². The molecule has 3 aromatic rings. The zero-order chi connectivity index (χ0) is 25.8. The molecule has 37 heavy (non-hydrogen) atoms. The van der Waals surface area contributed by atoms with Gasteiger partial charge in [-0.15, -0.1) is 0 Å². The zero-order valence-corrected chi connectivity index (χ0v) is 22.2. The van der Waals surface area contributed by atoms with Gasteiger partial charge in [0.1, 0.15) is 0 Å². The minimum Gasteiger partial charge on any atom is -0.340 e. The quantitative estimate of drug-likeness (QED) is 0.488. The molecule has 0 bridgehead atoms. The van der Waals surface area contributed by atoms with Crippen molar-refractivity contribution in [3.8, 4) is 0 Å². The van der Waals surface area contributed by atoms with Crippen molar-refractivity contribution in [3.05, 3.63) is 102 Å². The summed E-state index contributed by atoms with van der Waals surface area (Å²) in [4.78, 5) is 18.2. The molecule has 1 unspecified atom stereocenters. The van der Waals surface area contributed by atoms with E-state index in [-0.39, 0.29) is 24.4 Å². The Morgan fingerprint density at radius 3 is 1.92 bits per heavy atom. The summed E-state index contributed by atoms with van der Waals surface area (Å²) in [6.45, 7) is 5.51. The molecule has 0 N–H and O–H groups in total. The van der Waals surface area contributed by atoms with Crippen LogP contribution >= 0.6 is 0 Å². The zero-order valence-electron chi connectivity index (χ0n) is 21.4. The van der Waals surface area contributed by atoms with Crippen LogP contribution < -0.4 is 0 Å². The Morgan fingerprint density at radius 1 is 0.784 bits per heavy atom. The Bertz CT molecular complexity index is 1250. The first-order valence-electron chi connectivity index (χ1n) is 13.1. The van der Waals surface area contributed by atoms with Crippen molar-refractivity contribution in [1.82, 2.24) is 14.1 Å². The van der Waals surface area contributed by atoms with E-state index in [1.807, 2.05) is 36.1 Å². The third kappa shape index (κ3) is 5.64. The molecule has 2 aliphatic rings. The second kappa shape index (κ2) is 11.2. The molecule has 1 atom stereocenters. The minimum atomic E-state index is -3.60. The molecular formula is C30H35N3O3S. The van der Waals surface area contributed by atoms with Gasteiger partial charge in [-0.25, -0.2) is 8.42 Å². The first-order valence-corrected chi connectivity index (χ1v) is 14.6. The summed E-state index contributed by atoms with van der Waals surface area (Å²) in [6, 6.07) is 28.1. The fourth-order valence-electron chi connectivity index (χ4n) is 5.57. The van der Waals surface area contributed by atoms with Gasteiger partial charge in [0.05, 0.1) is 16.9 Å². The Balaban J connectivity index is 1.25. The lowest BCUT2D eigenvalue weighted by Gasteiger charge is -2.41. The molecule has 2 heterocycles. The number of rotatable bonds is 6. The molecule has 194 valence electrons. The van der Waals surface area contributed by atoms with Gasteiger partial charge in [0, 0.05) is 39.3 Å².